The first-order valence-electron chi connectivity index (χ1n) is 10.0. The Morgan fingerprint density at radius 2 is 1.84 bits per heavy atom. The van der Waals surface area contributed by atoms with Crippen molar-refractivity contribution >= 4 is 29.5 Å². The molecule has 2 heterocycles. The van der Waals surface area contributed by atoms with Crippen LogP contribution >= 0.6 is 0 Å². The second-order valence-electron chi connectivity index (χ2n) is 7.98. The molecule has 0 unspecified atom stereocenters. The first-order valence-corrected chi connectivity index (χ1v) is 10.0. The molecule has 166 valence electrons. The molecule has 1 aromatic rings. The molecule has 0 bridgehead atoms. The fourth-order valence-corrected chi connectivity index (χ4v) is 3.49. The number of fused-ring (bicyclic) bond motifs is 1. The third-order valence-electron chi connectivity index (χ3n) is 5.13. The minimum atomic E-state index is -0.735. The summed E-state index contributed by atoms with van der Waals surface area (Å²) >= 11 is 0. The Hall–Kier alpha value is -3.50. The lowest BCUT2D eigenvalue weighted by Gasteiger charge is -2.32. The Kier molecular flexibility index (Phi) is 6.52. The van der Waals surface area contributed by atoms with E-state index in [9.17, 15) is 29.3 Å². The van der Waals surface area contributed by atoms with E-state index < -0.39 is 29.2 Å². The van der Waals surface area contributed by atoms with Crippen molar-refractivity contribution in [3.8, 4) is 0 Å². The van der Waals surface area contributed by atoms with Crippen molar-refractivity contribution in [1.82, 2.24) is 15.1 Å². The molecule has 11 heteroatoms. The summed E-state index contributed by atoms with van der Waals surface area (Å²) in [5.74, 6) is -1.66. The number of imide groups is 1. The highest BCUT2D eigenvalue weighted by Gasteiger charge is 2.38. The molecule has 4 amide bonds. The molecule has 11 nitrogen and oxygen atoms in total. The first-order chi connectivity index (χ1) is 14.7. The van der Waals surface area contributed by atoms with Gasteiger partial charge in [0.15, 0.2) is 0 Å². The molecule has 0 aromatic heterocycles. The minimum Gasteiger partial charge on any atom is -0.449 e. The van der Waals surface area contributed by atoms with Crippen LogP contribution in [-0.4, -0.2) is 70.8 Å². The maximum absolute atomic E-state index is 12.5. The SMILES string of the molecule is CC(C)COC(=O)N1CCC(NC(=O)CN2C(=O)c3ccc([N+](=O)[O-])cc3C2=O)CC1. The highest BCUT2D eigenvalue weighted by Crippen LogP contribution is 2.26. The molecule has 2 aliphatic rings. The van der Waals surface area contributed by atoms with E-state index in [1.165, 1.54) is 6.07 Å². The number of carbonyl (C=O) groups excluding carboxylic acids is 4. The number of nitrogens with zero attached hydrogens (tertiary/aromatic N) is 3. The maximum atomic E-state index is 12.5. The fraction of sp³-hybridized carbons (Fsp3) is 0.500. The van der Waals surface area contributed by atoms with Crippen LogP contribution in [0.25, 0.3) is 0 Å². The molecule has 0 aliphatic carbocycles. The van der Waals surface area contributed by atoms with E-state index in [1.54, 1.807) is 4.90 Å². The van der Waals surface area contributed by atoms with E-state index in [2.05, 4.69) is 5.32 Å². The van der Waals surface area contributed by atoms with Gasteiger partial charge in [0, 0.05) is 31.3 Å². The predicted octanol–water partition coefficient (Wildman–Crippen LogP) is 1.56. The van der Waals surface area contributed by atoms with E-state index in [-0.39, 0.29) is 34.9 Å². The van der Waals surface area contributed by atoms with Crippen molar-refractivity contribution < 1.29 is 28.8 Å². The van der Waals surface area contributed by atoms with Gasteiger partial charge in [0.25, 0.3) is 17.5 Å². The molecule has 0 spiro atoms. The first kappa shape index (κ1) is 22.2. The topological polar surface area (TPSA) is 139 Å². The van der Waals surface area contributed by atoms with Gasteiger partial charge in [-0.1, -0.05) is 13.8 Å². The zero-order chi connectivity index (χ0) is 22.7. The van der Waals surface area contributed by atoms with Gasteiger partial charge in [-0.3, -0.25) is 29.4 Å². The average molecular weight is 432 g/mol. The third-order valence-corrected chi connectivity index (χ3v) is 5.13. The van der Waals surface area contributed by atoms with Crippen molar-refractivity contribution in [2.24, 2.45) is 5.92 Å². The molecule has 0 atom stereocenters. The number of hydrogen-bond acceptors (Lipinski definition) is 7. The van der Waals surface area contributed by atoms with Crippen LogP contribution in [0.4, 0.5) is 10.5 Å². The Balaban J connectivity index is 1.51. The molecule has 3 rings (SSSR count). The second kappa shape index (κ2) is 9.11. The van der Waals surface area contributed by atoms with Gasteiger partial charge in [0.05, 0.1) is 22.7 Å². The summed E-state index contributed by atoms with van der Waals surface area (Å²) < 4.78 is 5.20. The smallest absolute Gasteiger partial charge is 0.409 e. The van der Waals surface area contributed by atoms with Crippen molar-refractivity contribution in [3.63, 3.8) is 0 Å². The van der Waals surface area contributed by atoms with Gasteiger partial charge in [-0.2, -0.15) is 0 Å². The van der Waals surface area contributed by atoms with Gasteiger partial charge < -0.3 is 15.0 Å². The van der Waals surface area contributed by atoms with Crippen LogP contribution in [0.2, 0.25) is 0 Å². The Morgan fingerprint density at radius 1 is 1.19 bits per heavy atom. The van der Waals surface area contributed by atoms with E-state index in [0.29, 0.717) is 32.5 Å². The van der Waals surface area contributed by atoms with Crippen LogP contribution in [0.15, 0.2) is 18.2 Å². The number of nitro groups is 1. The number of hydrogen-bond donors (Lipinski definition) is 1. The molecule has 0 radical (unpaired) electrons. The summed E-state index contributed by atoms with van der Waals surface area (Å²) in [6.45, 7) is 4.63. The summed E-state index contributed by atoms with van der Waals surface area (Å²) in [6.07, 6.45) is 0.673. The number of amides is 4. The van der Waals surface area contributed by atoms with Crippen LogP contribution in [0.3, 0.4) is 0 Å². The normalized spacial score (nSPS) is 16.5. The largest absolute Gasteiger partial charge is 0.449 e. The van der Waals surface area contributed by atoms with Gasteiger partial charge >= 0.3 is 6.09 Å². The van der Waals surface area contributed by atoms with Gasteiger partial charge in [-0.25, -0.2) is 4.79 Å². The summed E-state index contributed by atoms with van der Waals surface area (Å²) in [7, 11) is 0. The van der Waals surface area contributed by atoms with Crippen molar-refractivity contribution in [3.05, 3.63) is 39.4 Å². The zero-order valence-corrected chi connectivity index (χ0v) is 17.3. The number of nitro benzene ring substituents is 1. The van der Waals surface area contributed by atoms with E-state index in [1.807, 2.05) is 13.8 Å². The van der Waals surface area contributed by atoms with E-state index in [4.69, 9.17) is 4.74 Å². The van der Waals surface area contributed by atoms with Crippen molar-refractivity contribution in [2.75, 3.05) is 26.2 Å². The maximum Gasteiger partial charge on any atom is 0.409 e. The lowest BCUT2D eigenvalue weighted by molar-refractivity contribution is -0.384. The van der Waals surface area contributed by atoms with Gasteiger partial charge in [0.1, 0.15) is 6.54 Å². The van der Waals surface area contributed by atoms with Gasteiger partial charge in [-0.05, 0) is 24.8 Å². The molecule has 1 aromatic carbocycles. The standard InChI is InChI=1S/C20H24N4O7/c1-12(2)11-31-20(28)22-7-5-13(6-8-22)21-17(25)10-23-18(26)15-4-3-14(24(29)30)9-16(15)19(23)27/h3-4,9,12-13H,5-8,10-11H2,1-2H3,(H,21,25). The lowest BCUT2D eigenvalue weighted by Crippen LogP contribution is -2.49. The molecule has 1 saturated heterocycles. The summed E-state index contributed by atoms with van der Waals surface area (Å²) in [5.41, 5.74) is -0.346. The minimum absolute atomic E-state index is 0.0385. The number of carbonyl (C=O) groups is 4. The van der Waals surface area contributed by atoms with Crippen molar-refractivity contribution in [1.29, 1.82) is 0 Å². The number of ether oxygens (including phenoxy) is 1. The van der Waals surface area contributed by atoms with Crippen LogP contribution in [0.5, 0.6) is 0 Å². The number of rotatable bonds is 6. The molecular weight excluding hydrogens is 408 g/mol. The monoisotopic (exact) mass is 432 g/mol. The lowest BCUT2D eigenvalue weighted by atomic mass is 10.1. The highest BCUT2D eigenvalue weighted by atomic mass is 16.6. The number of nitrogens with one attached hydrogen (secondary N) is 1. The van der Waals surface area contributed by atoms with Crippen LogP contribution < -0.4 is 5.32 Å². The number of likely N-dealkylation sites (tertiary alicyclic amines) is 1. The Morgan fingerprint density at radius 3 is 2.45 bits per heavy atom. The quantitative estimate of drug-likeness (QED) is 0.409. The zero-order valence-electron chi connectivity index (χ0n) is 17.3. The number of benzene rings is 1. The van der Waals surface area contributed by atoms with Gasteiger partial charge in [0.2, 0.25) is 5.91 Å². The summed E-state index contributed by atoms with van der Waals surface area (Å²) in [5, 5.41) is 13.7. The number of piperidine rings is 1. The number of non-ortho nitro benzene ring substituents is 1. The highest BCUT2D eigenvalue weighted by molar-refractivity contribution is 6.22. The average Bonchev–Trinajstić information content (AvgIpc) is 2.96. The fourth-order valence-electron chi connectivity index (χ4n) is 3.49. The Bertz CT molecular complexity index is 922. The summed E-state index contributed by atoms with van der Waals surface area (Å²) in [6, 6.07) is 3.22. The molecular formula is C20H24N4O7. The van der Waals surface area contributed by atoms with E-state index in [0.717, 1.165) is 17.0 Å². The molecule has 1 fully saturated rings. The van der Waals surface area contributed by atoms with E-state index >= 15 is 0 Å². The predicted molar refractivity (Wildman–Crippen MR) is 107 cm³/mol. The molecule has 0 saturated carbocycles. The summed E-state index contributed by atoms with van der Waals surface area (Å²) in [4.78, 5) is 61.9. The molecule has 1 N–H and O–H groups in total. The Labute approximate surface area is 178 Å². The van der Waals surface area contributed by atoms with Crippen LogP contribution in [-0.2, 0) is 9.53 Å². The molecule has 2 aliphatic heterocycles. The van der Waals surface area contributed by atoms with Crippen molar-refractivity contribution in [2.45, 2.75) is 32.7 Å². The molecule has 31 heavy (non-hydrogen) atoms. The van der Waals surface area contributed by atoms with Crippen LogP contribution in [0, 0.1) is 16.0 Å². The third kappa shape index (κ3) is 4.98. The van der Waals surface area contributed by atoms with Gasteiger partial charge in [-0.15, -0.1) is 0 Å². The van der Waals surface area contributed by atoms with Crippen LogP contribution in [0.1, 0.15) is 47.4 Å². The second-order valence-corrected chi connectivity index (χ2v) is 7.98.